The standard InChI is InChI=1S/C12H15ClN2O3/c1-8-3-4-10(18-2)9(7-8)15-12(17)11(16)14-6-5-13/h3-4,7H,5-6H2,1-2H3,(H,14,16)(H,15,17). The molecule has 5 nitrogen and oxygen atoms in total. The number of halogens is 1. The summed E-state index contributed by atoms with van der Waals surface area (Å²) in [6.07, 6.45) is 0. The molecule has 0 unspecified atom stereocenters. The SMILES string of the molecule is COc1ccc(C)cc1NC(=O)C(=O)NCCCl. The molecule has 1 aromatic carbocycles. The molecule has 2 N–H and O–H groups in total. The van der Waals surface area contributed by atoms with Gasteiger partial charge in [0.2, 0.25) is 0 Å². The molecule has 0 atom stereocenters. The quantitative estimate of drug-likeness (QED) is 0.640. The largest absolute Gasteiger partial charge is 0.495 e. The van der Waals surface area contributed by atoms with Crippen molar-refractivity contribution < 1.29 is 14.3 Å². The zero-order valence-corrected chi connectivity index (χ0v) is 11.0. The summed E-state index contributed by atoms with van der Waals surface area (Å²) in [7, 11) is 1.49. The molecule has 0 aliphatic carbocycles. The Kier molecular flexibility index (Phi) is 5.45. The second-order valence-corrected chi connectivity index (χ2v) is 3.98. The number of anilines is 1. The van der Waals surface area contributed by atoms with Crippen molar-refractivity contribution in [2.45, 2.75) is 6.92 Å². The van der Waals surface area contributed by atoms with Gasteiger partial charge in [-0.3, -0.25) is 9.59 Å². The van der Waals surface area contributed by atoms with Crippen LogP contribution in [0.25, 0.3) is 0 Å². The lowest BCUT2D eigenvalue weighted by atomic mass is 10.2. The molecular weight excluding hydrogens is 256 g/mol. The van der Waals surface area contributed by atoms with Crippen LogP contribution in [0.4, 0.5) is 5.69 Å². The third-order valence-electron chi connectivity index (χ3n) is 2.19. The molecule has 0 bridgehead atoms. The Morgan fingerprint density at radius 1 is 1.33 bits per heavy atom. The van der Waals surface area contributed by atoms with Crippen LogP contribution in [0.3, 0.4) is 0 Å². The fraction of sp³-hybridized carbons (Fsp3) is 0.333. The molecule has 0 saturated heterocycles. The number of alkyl halides is 1. The first kappa shape index (κ1) is 14.3. The van der Waals surface area contributed by atoms with Crippen LogP contribution >= 0.6 is 11.6 Å². The van der Waals surface area contributed by atoms with Gasteiger partial charge in [0.1, 0.15) is 5.75 Å². The van der Waals surface area contributed by atoms with Gasteiger partial charge in [-0.25, -0.2) is 0 Å². The number of benzene rings is 1. The van der Waals surface area contributed by atoms with Gasteiger partial charge >= 0.3 is 11.8 Å². The Labute approximate surface area is 110 Å². The topological polar surface area (TPSA) is 67.4 Å². The highest BCUT2D eigenvalue weighted by Crippen LogP contribution is 2.24. The van der Waals surface area contributed by atoms with Gasteiger partial charge in [-0.1, -0.05) is 6.07 Å². The minimum Gasteiger partial charge on any atom is -0.495 e. The molecule has 2 amide bonds. The van der Waals surface area contributed by atoms with Crippen LogP contribution in [0.5, 0.6) is 5.75 Å². The summed E-state index contributed by atoms with van der Waals surface area (Å²) >= 11 is 5.41. The summed E-state index contributed by atoms with van der Waals surface area (Å²) in [4.78, 5) is 22.9. The van der Waals surface area contributed by atoms with Crippen LogP contribution in [0.1, 0.15) is 5.56 Å². The Hall–Kier alpha value is -1.75. The van der Waals surface area contributed by atoms with Crippen molar-refractivity contribution in [2.24, 2.45) is 0 Å². The Balaban J connectivity index is 2.74. The van der Waals surface area contributed by atoms with Gasteiger partial charge in [0.05, 0.1) is 12.8 Å². The van der Waals surface area contributed by atoms with E-state index in [-0.39, 0.29) is 12.4 Å². The third-order valence-corrected chi connectivity index (χ3v) is 2.38. The minimum absolute atomic E-state index is 0.249. The van der Waals surface area contributed by atoms with E-state index in [2.05, 4.69) is 10.6 Å². The number of nitrogens with one attached hydrogen (secondary N) is 2. The van der Waals surface area contributed by atoms with Crippen molar-refractivity contribution in [3.05, 3.63) is 23.8 Å². The summed E-state index contributed by atoms with van der Waals surface area (Å²) < 4.78 is 5.09. The Morgan fingerprint density at radius 3 is 2.67 bits per heavy atom. The van der Waals surface area contributed by atoms with Crippen molar-refractivity contribution in [1.29, 1.82) is 0 Å². The van der Waals surface area contributed by atoms with Crippen molar-refractivity contribution in [1.82, 2.24) is 5.32 Å². The number of carbonyl (C=O) groups excluding carboxylic acids is 2. The lowest BCUT2D eigenvalue weighted by Gasteiger charge is -2.10. The van der Waals surface area contributed by atoms with E-state index in [1.165, 1.54) is 7.11 Å². The monoisotopic (exact) mass is 270 g/mol. The lowest BCUT2D eigenvalue weighted by molar-refractivity contribution is -0.136. The minimum atomic E-state index is -0.746. The van der Waals surface area contributed by atoms with Crippen LogP contribution in [0.15, 0.2) is 18.2 Å². The van der Waals surface area contributed by atoms with Gasteiger partial charge in [0.15, 0.2) is 0 Å². The summed E-state index contributed by atoms with van der Waals surface area (Å²) in [5.41, 5.74) is 1.41. The highest BCUT2D eigenvalue weighted by molar-refractivity contribution is 6.39. The van der Waals surface area contributed by atoms with Crippen molar-refractivity contribution >= 4 is 29.1 Å². The molecule has 0 radical (unpaired) electrons. The van der Waals surface area contributed by atoms with Crippen molar-refractivity contribution in [2.75, 3.05) is 24.9 Å². The predicted octanol–water partition coefficient (Wildman–Crippen LogP) is 1.30. The number of hydrogen-bond donors (Lipinski definition) is 2. The van der Waals surface area contributed by atoms with Crippen molar-refractivity contribution in [3.63, 3.8) is 0 Å². The summed E-state index contributed by atoms with van der Waals surface area (Å²) in [5, 5.41) is 4.87. The zero-order valence-electron chi connectivity index (χ0n) is 10.2. The molecule has 18 heavy (non-hydrogen) atoms. The Morgan fingerprint density at radius 2 is 2.06 bits per heavy atom. The van der Waals surface area contributed by atoms with E-state index < -0.39 is 11.8 Å². The molecule has 0 heterocycles. The summed E-state index contributed by atoms with van der Waals surface area (Å²) in [5.74, 6) is -0.713. The molecule has 0 spiro atoms. The molecule has 0 aromatic heterocycles. The highest BCUT2D eigenvalue weighted by Gasteiger charge is 2.15. The maximum atomic E-state index is 11.6. The number of amides is 2. The predicted molar refractivity (Wildman–Crippen MR) is 70.1 cm³/mol. The van der Waals surface area contributed by atoms with Crippen LogP contribution in [-0.2, 0) is 9.59 Å². The maximum Gasteiger partial charge on any atom is 0.313 e. The number of rotatable bonds is 4. The average Bonchev–Trinajstić information content (AvgIpc) is 2.36. The average molecular weight is 271 g/mol. The molecule has 0 aliphatic rings. The van der Waals surface area contributed by atoms with Gasteiger partial charge in [-0.05, 0) is 24.6 Å². The molecule has 0 saturated carbocycles. The van der Waals surface area contributed by atoms with Gasteiger partial charge in [0, 0.05) is 12.4 Å². The second-order valence-electron chi connectivity index (χ2n) is 3.60. The van der Waals surface area contributed by atoms with Gasteiger partial charge < -0.3 is 15.4 Å². The van der Waals surface area contributed by atoms with E-state index in [0.29, 0.717) is 11.4 Å². The molecule has 1 rings (SSSR count). The fourth-order valence-corrected chi connectivity index (χ4v) is 1.43. The molecular formula is C12H15ClN2O3. The number of aryl methyl sites for hydroxylation is 1. The second kappa shape index (κ2) is 6.86. The Bertz CT molecular complexity index is 449. The van der Waals surface area contributed by atoms with E-state index >= 15 is 0 Å². The summed E-state index contributed by atoms with van der Waals surface area (Å²) in [6.45, 7) is 2.13. The van der Waals surface area contributed by atoms with Crippen LogP contribution in [0, 0.1) is 6.92 Å². The van der Waals surface area contributed by atoms with Crippen LogP contribution < -0.4 is 15.4 Å². The molecule has 1 aromatic rings. The lowest BCUT2D eigenvalue weighted by Crippen LogP contribution is -2.36. The first-order valence-electron chi connectivity index (χ1n) is 5.38. The molecule has 98 valence electrons. The number of methoxy groups -OCH3 is 1. The van der Waals surface area contributed by atoms with E-state index in [0.717, 1.165) is 5.56 Å². The van der Waals surface area contributed by atoms with Crippen LogP contribution in [0.2, 0.25) is 0 Å². The number of carbonyl (C=O) groups is 2. The van der Waals surface area contributed by atoms with E-state index in [9.17, 15) is 9.59 Å². The fourth-order valence-electron chi connectivity index (χ4n) is 1.34. The first-order valence-corrected chi connectivity index (χ1v) is 5.91. The first-order chi connectivity index (χ1) is 8.58. The number of ether oxygens (including phenoxy) is 1. The van der Waals surface area contributed by atoms with Gasteiger partial charge in [-0.2, -0.15) is 0 Å². The summed E-state index contributed by atoms with van der Waals surface area (Å²) in [6, 6.07) is 5.30. The molecule has 0 aliphatic heterocycles. The normalized spacial score (nSPS) is 9.72. The number of hydrogen-bond acceptors (Lipinski definition) is 3. The molecule has 0 fully saturated rings. The molecule has 6 heteroatoms. The van der Waals surface area contributed by atoms with E-state index in [1.54, 1.807) is 12.1 Å². The zero-order chi connectivity index (χ0) is 13.5. The maximum absolute atomic E-state index is 11.6. The smallest absolute Gasteiger partial charge is 0.313 e. The van der Waals surface area contributed by atoms with Gasteiger partial charge in [-0.15, -0.1) is 11.6 Å². The van der Waals surface area contributed by atoms with Crippen LogP contribution in [-0.4, -0.2) is 31.3 Å². The third kappa shape index (κ3) is 3.92. The highest BCUT2D eigenvalue weighted by atomic mass is 35.5. The van der Waals surface area contributed by atoms with Gasteiger partial charge in [0.25, 0.3) is 0 Å². The van der Waals surface area contributed by atoms with E-state index in [4.69, 9.17) is 16.3 Å². The van der Waals surface area contributed by atoms with Crippen molar-refractivity contribution in [3.8, 4) is 5.75 Å². The van der Waals surface area contributed by atoms with E-state index in [1.807, 2.05) is 13.0 Å².